The maximum Gasteiger partial charge on any atom is 0.350 e. The molecule has 0 fully saturated rings. The number of hydrogen-bond donors (Lipinski definition) is 0. The van der Waals surface area contributed by atoms with E-state index in [1.807, 2.05) is 6.07 Å². The van der Waals surface area contributed by atoms with Gasteiger partial charge in [-0.05, 0) is 48.6 Å². The van der Waals surface area contributed by atoms with Crippen molar-refractivity contribution in [1.29, 1.82) is 0 Å². The molecule has 0 aliphatic heterocycles. The number of benzene rings is 1. The molecule has 0 N–H and O–H groups in total. The fourth-order valence-corrected chi connectivity index (χ4v) is 3.22. The van der Waals surface area contributed by atoms with Gasteiger partial charge in [-0.2, -0.15) is 13.9 Å². The van der Waals surface area contributed by atoms with Gasteiger partial charge in [0.05, 0.1) is 18.2 Å². The zero-order chi connectivity index (χ0) is 26.2. The number of aliphatic imine (C=N–C) groups is 1. The van der Waals surface area contributed by atoms with E-state index >= 15 is 0 Å². The number of halogens is 2. The minimum Gasteiger partial charge on any atom is -0.459 e. The van der Waals surface area contributed by atoms with E-state index in [9.17, 15) is 23.2 Å². The quantitative estimate of drug-likeness (QED) is 0.103. The average molecular weight is 493 g/mol. The van der Waals surface area contributed by atoms with E-state index in [0.717, 1.165) is 27.9 Å². The Kier molecular flexibility index (Phi) is 8.39. The number of ether oxygens (including phenoxy) is 1. The van der Waals surface area contributed by atoms with Gasteiger partial charge in [-0.3, -0.25) is 19.6 Å². The highest BCUT2D eigenvalue weighted by Gasteiger charge is 2.19. The molecule has 0 bridgehead atoms. The van der Waals surface area contributed by atoms with E-state index in [2.05, 4.69) is 26.8 Å². The monoisotopic (exact) mass is 493 g/mol. The van der Waals surface area contributed by atoms with Crippen molar-refractivity contribution in [1.82, 2.24) is 15.0 Å². The molecule has 0 atom stereocenters. The summed E-state index contributed by atoms with van der Waals surface area (Å²) in [4.78, 5) is 46.5. The van der Waals surface area contributed by atoms with Crippen molar-refractivity contribution in [2.24, 2.45) is 10.1 Å². The largest absolute Gasteiger partial charge is 0.459 e. The third-order valence-corrected chi connectivity index (χ3v) is 4.72. The third-order valence-electron chi connectivity index (χ3n) is 4.72. The summed E-state index contributed by atoms with van der Waals surface area (Å²) in [6.45, 7) is 6.72. The fraction of sp³-hybridized carbons (Fsp3) is 0.160. The Hall–Kier alpha value is -4.67. The van der Waals surface area contributed by atoms with Crippen LogP contribution in [0.25, 0.3) is 16.3 Å². The number of hydrogen-bond acceptors (Lipinski definition) is 8. The first-order valence-electron chi connectivity index (χ1n) is 10.6. The first-order chi connectivity index (χ1) is 17.2. The van der Waals surface area contributed by atoms with E-state index in [1.54, 1.807) is 44.4 Å². The van der Waals surface area contributed by atoms with Crippen molar-refractivity contribution in [3.8, 4) is 0 Å². The van der Waals surface area contributed by atoms with E-state index in [-0.39, 0.29) is 23.8 Å². The number of hydrazone groups is 1. The summed E-state index contributed by atoms with van der Waals surface area (Å²) >= 11 is 0. The van der Waals surface area contributed by atoms with Crippen molar-refractivity contribution in [3.05, 3.63) is 77.5 Å². The minimum absolute atomic E-state index is 0.150. The van der Waals surface area contributed by atoms with Gasteiger partial charge < -0.3 is 4.74 Å². The second-order valence-electron chi connectivity index (χ2n) is 7.67. The van der Waals surface area contributed by atoms with Gasteiger partial charge in [0.25, 0.3) is 0 Å². The topological polar surface area (TPSA) is 114 Å². The summed E-state index contributed by atoms with van der Waals surface area (Å²) in [5.41, 5.74) is -0.553. The van der Waals surface area contributed by atoms with Crippen LogP contribution in [-0.2, 0) is 16.1 Å². The summed E-state index contributed by atoms with van der Waals surface area (Å²) in [5, 5.41) is 6.53. The summed E-state index contributed by atoms with van der Waals surface area (Å²) in [6, 6.07) is 5.38. The van der Waals surface area contributed by atoms with Crippen LogP contribution in [0.5, 0.6) is 0 Å². The predicted molar refractivity (Wildman–Crippen MR) is 130 cm³/mol. The van der Waals surface area contributed by atoms with Gasteiger partial charge in [0.1, 0.15) is 17.7 Å². The molecule has 0 radical (unpaired) electrons. The fourth-order valence-electron chi connectivity index (χ4n) is 3.22. The molecule has 2 heterocycles. The molecule has 0 spiro atoms. The number of pyridine rings is 2. The molecule has 3 rings (SSSR count). The number of fused-ring (bicyclic) bond motifs is 1. The van der Waals surface area contributed by atoms with Crippen molar-refractivity contribution in [2.75, 3.05) is 0 Å². The Morgan fingerprint density at radius 3 is 2.44 bits per heavy atom. The van der Waals surface area contributed by atoms with Crippen molar-refractivity contribution < 1.29 is 27.9 Å². The van der Waals surface area contributed by atoms with E-state index in [0.29, 0.717) is 5.56 Å². The number of aromatic nitrogens is 2. The summed E-state index contributed by atoms with van der Waals surface area (Å²) in [6.07, 6.45) is 5.45. The number of carbonyl (C=O) groups is 3. The Labute approximate surface area is 204 Å². The summed E-state index contributed by atoms with van der Waals surface area (Å²) in [5.74, 6) is -0.609. The standard InChI is InChI=1S/C25H21F2N5O4/c1-15(2)36-25(35)20(19-6-4-5-17-12-29-8-7-18(17)19)13-32(28-3)14-30-11-16-9-21(23(26)33)31-22(10-16)24(27)34/h4-10,12-15H,3,11H2,1-2H3/b20-13+,30-14-. The SMILES string of the molecule is C=NN(/C=N\Cc1cc(C(=O)F)nc(C(=O)F)c1)/C=C(/C(=O)OC(C)C)c1cccc2cnccc12. The van der Waals surface area contributed by atoms with Gasteiger partial charge in [0, 0.05) is 30.7 Å². The molecule has 0 unspecified atom stereocenters. The second-order valence-corrected chi connectivity index (χ2v) is 7.67. The van der Waals surface area contributed by atoms with Crippen LogP contribution in [0.1, 0.15) is 46.0 Å². The molecule has 1 aromatic carbocycles. The van der Waals surface area contributed by atoms with Crippen LogP contribution in [-0.4, -0.2) is 52.2 Å². The van der Waals surface area contributed by atoms with Crippen LogP contribution < -0.4 is 0 Å². The first kappa shape index (κ1) is 25.9. The second kappa shape index (κ2) is 11.6. The number of carbonyl (C=O) groups excluding carboxylic acids is 3. The first-order valence-corrected chi connectivity index (χ1v) is 10.6. The molecule has 9 nitrogen and oxygen atoms in total. The van der Waals surface area contributed by atoms with Gasteiger partial charge in [-0.1, -0.05) is 18.2 Å². The molecule has 0 amide bonds. The lowest BCUT2D eigenvalue weighted by atomic mass is 10.00. The van der Waals surface area contributed by atoms with Crippen LogP contribution in [0.15, 0.2) is 65.1 Å². The Morgan fingerprint density at radius 2 is 1.83 bits per heavy atom. The molecule has 184 valence electrons. The molecule has 0 saturated carbocycles. The van der Waals surface area contributed by atoms with Crippen LogP contribution in [0, 0.1) is 0 Å². The Morgan fingerprint density at radius 1 is 1.14 bits per heavy atom. The average Bonchev–Trinajstić information content (AvgIpc) is 2.85. The predicted octanol–water partition coefficient (Wildman–Crippen LogP) is 4.29. The highest BCUT2D eigenvalue weighted by molar-refractivity contribution is 6.20. The van der Waals surface area contributed by atoms with Crippen LogP contribution in [0.4, 0.5) is 8.78 Å². The molecule has 3 aromatic rings. The van der Waals surface area contributed by atoms with Crippen molar-refractivity contribution in [2.45, 2.75) is 26.5 Å². The third kappa shape index (κ3) is 6.47. The Bertz CT molecular complexity index is 1350. The number of nitrogens with zero attached hydrogens (tertiary/aromatic N) is 5. The number of esters is 1. The van der Waals surface area contributed by atoms with E-state index in [1.165, 1.54) is 12.5 Å². The molecular formula is C25H21F2N5O4. The maximum atomic E-state index is 13.1. The van der Waals surface area contributed by atoms with Crippen molar-refractivity contribution in [3.63, 3.8) is 0 Å². The van der Waals surface area contributed by atoms with Gasteiger partial charge in [0.2, 0.25) is 0 Å². The highest BCUT2D eigenvalue weighted by atomic mass is 19.1. The molecule has 0 aliphatic carbocycles. The molecular weight excluding hydrogens is 472 g/mol. The lowest BCUT2D eigenvalue weighted by Crippen LogP contribution is -2.16. The maximum absolute atomic E-state index is 13.1. The summed E-state index contributed by atoms with van der Waals surface area (Å²) < 4.78 is 31.6. The van der Waals surface area contributed by atoms with Crippen molar-refractivity contribution >= 4 is 47.4 Å². The van der Waals surface area contributed by atoms with Crippen LogP contribution in [0.3, 0.4) is 0 Å². The summed E-state index contributed by atoms with van der Waals surface area (Å²) in [7, 11) is 0. The van der Waals surface area contributed by atoms with Crippen LogP contribution in [0.2, 0.25) is 0 Å². The van der Waals surface area contributed by atoms with Gasteiger partial charge in [-0.25, -0.2) is 14.8 Å². The molecule has 0 saturated heterocycles. The van der Waals surface area contributed by atoms with E-state index in [4.69, 9.17) is 4.74 Å². The molecule has 2 aromatic heterocycles. The van der Waals surface area contributed by atoms with Crippen LogP contribution >= 0.6 is 0 Å². The zero-order valence-corrected chi connectivity index (χ0v) is 19.4. The Balaban J connectivity index is 1.96. The normalized spacial score (nSPS) is 11.6. The van der Waals surface area contributed by atoms with E-state index < -0.39 is 29.4 Å². The lowest BCUT2D eigenvalue weighted by Gasteiger charge is -2.15. The molecule has 11 heteroatoms. The molecule has 0 aliphatic rings. The lowest BCUT2D eigenvalue weighted by molar-refractivity contribution is -0.140. The van der Waals surface area contributed by atoms with Gasteiger partial charge >= 0.3 is 18.0 Å². The smallest absolute Gasteiger partial charge is 0.350 e. The van der Waals surface area contributed by atoms with Gasteiger partial charge in [-0.15, -0.1) is 0 Å². The minimum atomic E-state index is -1.92. The zero-order valence-electron chi connectivity index (χ0n) is 19.4. The highest BCUT2D eigenvalue weighted by Crippen LogP contribution is 2.26. The van der Waals surface area contributed by atoms with Gasteiger partial charge in [0.15, 0.2) is 0 Å². The molecule has 36 heavy (non-hydrogen) atoms. The number of rotatable bonds is 10.